The van der Waals surface area contributed by atoms with Gasteiger partial charge in [-0.25, -0.2) is 9.78 Å². The summed E-state index contributed by atoms with van der Waals surface area (Å²) in [5.74, 6) is -0.263. The van der Waals surface area contributed by atoms with Crippen molar-refractivity contribution in [2.75, 3.05) is 5.32 Å². The van der Waals surface area contributed by atoms with E-state index >= 15 is 0 Å². The van der Waals surface area contributed by atoms with Crippen molar-refractivity contribution in [3.8, 4) is 0 Å². The summed E-state index contributed by atoms with van der Waals surface area (Å²) >= 11 is 7.33. The van der Waals surface area contributed by atoms with Crippen molar-refractivity contribution < 1.29 is 9.59 Å². The maximum Gasteiger partial charge on any atom is 0.322 e. The normalized spacial score (nSPS) is 10.7. The van der Waals surface area contributed by atoms with Crippen LogP contribution in [0.25, 0.3) is 0 Å². The molecule has 9 heteroatoms. The molecule has 2 N–H and O–H groups in total. The maximum absolute atomic E-state index is 12.7. The molecule has 7 nitrogen and oxygen atoms in total. The highest BCUT2D eigenvalue weighted by atomic mass is 35.5. The Labute approximate surface area is 184 Å². The minimum Gasteiger partial charge on any atom is -0.347 e. The summed E-state index contributed by atoms with van der Waals surface area (Å²) in [7, 11) is 0. The number of benzene rings is 1. The molecular formula is C21H22ClN5O2S. The molecule has 0 spiro atoms. The molecule has 0 bridgehead atoms. The first kappa shape index (κ1) is 21.7. The number of carbonyl (C=O) groups is 2. The zero-order valence-corrected chi connectivity index (χ0v) is 18.2. The van der Waals surface area contributed by atoms with E-state index in [2.05, 4.69) is 20.6 Å². The highest BCUT2D eigenvalue weighted by Gasteiger charge is 2.20. The highest BCUT2D eigenvalue weighted by Crippen LogP contribution is 2.18. The van der Waals surface area contributed by atoms with Gasteiger partial charge in [0.05, 0.1) is 6.54 Å². The standard InChI is InChI=1S/C21H22ClN5O2S/c1-14(2)27(21(29)25-17-7-3-6-16(22)9-17)12-19-26-18(13-30-19)20(28)24-11-15-5-4-8-23-10-15/h3-10,13-14H,11-12H2,1-2H3,(H,24,28)(H,25,29). The van der Waals surface area contributed by atoms with Gasteiger partial charge in [0.1, 0.15) is 10.7 Å². The van der Waals surface area contributed by atoms with Gasteiger partial charge >= 0.3 is 6.03 Å². The number of aromatic nitrogens is 2. The van der Waals surface area contributed by atoms with Crippen molar-refractivity contribution in [1.29, 1.82) is 0 Å². The first-order valence-electron chi connectivity index (χ1n) is 9.37. The van der Waals surface area contributed by atoms with Crippen LogP contribution in [0, 0.1) is 0 Å². The quantitative estimate of drug-likeness (QED) is 0.560. The fourth-order valence-electron chi connectivity index (χ4n) is 2.66. The number of hydrogen-bond acceptors (Lipinski definition) is 5. The molecule has 1 aromatic carbocycles. The van der Waals surface area contributed by atoms with Gasteiger partial charge in [-0.05, 0) is 43.7 Å². The van der Waals surface area contributed by atoms with Gasteiger partial charge in [0.15, 0.2) is 0 Å². The van der Waals surface area contributed by atoms with Crippen molar-refractivity contribution in [2.24, 2.45) is 0 Å². The van der Waals surface area contributed by atoms with E-state index in [1.165, 1.54) is 11.3 Å². The van der Waals surface area contributed by atoms with Gasteiger partial charge in [0.2, 0.25) is 0 Å². The molecule has 2 heterocycles. The molecule has 3 amide bonds. The molecular weight excluding hydrogens is 422 g/mol. The Hall–Kier alpha value is -2.97. The van der Waals surface area contributed by atoms with Gasteiger partial charge in [-0.2, -0.15) is 0 Å². The molecule has 0 fully saturated rings. The van der Waals surface area contributed by atoms with E-state index in [0.29, 0.717) is 34.5 Å². The maximum atomic E-state index is 12.7. The minimum atomic E-state index is -0.263. The van der Waals surface area contributed by atoms with E-state index in [1.54, 1.807) is 46.9 Å². The average molecular weight is 444 g/mol. The van der Waals surface area contributed by atoms with Crippen LogP contribution in [0.5, 0.6) is 0 Å². The minimum absolute atomic E-state index is 0.0593. The van der Waals surface area contributed by atoms with Crippen molar-refractivity contribution in [2.45, 2.75) is 33.0 Å². The van der Waals surface area contributed by atoms with E-state index < -0.39 is 0 Å². The Morgan fingerprint density at radius 2 is 2.07 bits per heavy atom. The summed E-state index contributed by atoms with van der Waals surface area (Å²) in [6, 6.07) is 10.4. The number of halogens is 1. The number of anilines is 1. The number of carbonyl (C=O) groups excluding carboxylic acids is 2. The van der Waals surface area contributed by atoms with Crippen LogP contribution >= 0.6 is 22.9 Å². The van der Waals surface area contributed by atoms with Crippen LogP contribution in [-0.2, 0) is 13.1 Å². The van der Waals surface area contributed by atoms with E-state index in [0.717, 1.165) is 5.56 Å². The van der Waals surface area contributed by atoms with Crippen LogP contribution in [0.1, 0.15) is 34.9 Å². The summed E-state index contributed by atoms with van der Waals surface area (Å²) in [5.41, 5.74) is 1.86. The summed E-state index contributed by atoms with van der Waals surface area (Å²) in [6.45, 7) is 4.52. The van der Waals surface area contributed by atoms with E-state index in [9.17, 15) is 9.59 Å². The molecule has 0 atom stereocenters. The zero-order valence-electron chi connectivity index (χ0n) is 16.6. The molecule has 0 aliphatic rings. The molecule has 0 saturated heterocycles. The molecule has 156 valence electrons. The molecule has 0 aliphatic carbocycles. The molecule has 3 aromatic rings. The van der Waals surface area contributed by atoms with Crippen LogP contribution in [0.2, 0.25) is 5.02 Å². The monoisotopic (exact) mass is 443 g/mol. The average Bonchev–Trinajstić information content (AvgIpc) is 3.19. The van der Waals surface area contributed by atoms with Gasteiger partial charge in [-0.1, -0.05) is 23.7 Å². The highest BCUT2D eigenvalue weighted by molar-refractivity contribution is 7.09. The van der Waals surface area contributed by atoms with Crippen LogP contribution < -0.4 is 10.6 Å². The summed E-state index contributed by atoms with van der Waals surface area (Å²) < 4.78 is 0. The molecule has 3 rings (SSSR count). The molecule has 0 saturated carbocycles. The third kappa shape index (κ3) is 6.01. The second kappa shape index (κ2) is 10.2. The number of hydrogen-bond donors (Lipinski definition) is 2. The second-order valence-corrected chi connectivity index (χ2v) is 8.21. The number of nitrogens with one attached hydrogen (secondary N) is 2. The van der Waals surface area contributed by atoms with Crippen molar-refractivity contribution in [1.82, 2.24) is 20.2 Å². The Bertz CT molecular complexity index is 1010. The smallest absolute Gasteiger partial charge is 0.322 e. The van der Waals surface area contributed by atoms with Crippen LogP contribution in [0.15, 0.2) is 54.2 Å². The first-order chi connectivity index (χ1) is 14.4. The number of pyridine rings is 1. The lowest BCUT2D eigenvalue weighted by Crippen LogP contribution is -2.39. The van der Waals surface area contributed by atoms with Crippen LogP contribution in [0.3, 0.4) is 0 Å². The summed E-state index contributed by atoms with van der Waals surface area (Å²) in [5, 5.41) is 8.59. The van der Waals surface area contributed by atoms with Gasteiger partial charge in [-0.3, -0.25) is 9.78 Å². The van der Waals surface area contributed by atoms with Crippen LogP contribution in [0.4, 0.5) is 10.5 Å². The van der Waals surface area contributed by atoms with Gasteiger partial charge in [-0.15, -0.1) is 11.3 Å². The lowest BCUT2D eigenvalue weighted by atomic mass is 10.3. The van der Waals surface area contributed by atoms with E-state index in [4.69, 9.17) is 11.6 Å². The third-order valence-corrected chi connectivity index (χ3v) is 5.29. The van der Waals surface area contributed by atoms with Gasteiger partial charge in [0, 0.05) is 41.1 Å². The number of amides is 3. The SMILES string of the molecule is CC(C)N(Cc1nc(C(=O)NCc2cccnc2)cs1)C(=O)Nc1cccc(Cl)c1. The fourth-order valence-corrected chi connectivity index (χ4v) is 3.62. The molecule has 30 heavy (non-hydrogen) atoms. The third-order valence-electron chi connectivity index (χ3n) is 4.23. The predicted octanol–water partition coefficient (Wildman–Crippen LogP) is 4.56. The Morgan fingerprint density at radius 1 is 1.23 bits per heavy atom. The Balaban J connectivity index is 1.61. The second-order valence-electron chi connectivity index (χ2n) is 6.83. The van der Waals surface area contributed by atoms with E-state index in [1.807, 2.05) is 26.0 Å². The fraction of sp³-hybridized carbons (Fsp3) is 0.238. The zero-order chi connectivity index (χ0) is 21.5. The molecule has 0 aliphatic heterocycles. The van der Waals surface area contributed by atoms with Gasteiger partial charge < -0.3 is 15.5 Å². The lowest BCUT2D eigenvalue weighted by molar-refractivity contribution is 0.0946. The largest absolute Gasteiger partial charge is 0.347 e. The first-order valence-corrected chi connectivity index (χ1v) is 10.6. The molecule has 0 radical (unpaired) electrons. The topological polar surface area (TPSA) is 87.2 Å². The lowest BCUT2D eigenvalue weighted by Gasteiger charge is -2.26. The van der Waals surface area contributed by atoms with Crippen LogP contribution in [-0.4, -0.2) is 32.8 Å². The van der Waals surface area contributed by atoms with Crippen molar-refractivity contribution >= 4 is 40.6 Å². The number of urea groups is 1. The van der Waals surface area contributed by atoms with Gasteiger partial charge in [0.25, 0.3) is 5.91 Å². The molecule has 2 aromatic heterocycles. The number of nitrogens with zero attached hydrogens (tertiary/aromatic N) is 3. The Morgan fingerprint density at radius 3 is 2.77 bits per heavy atom. The van der Waals surface area contributed by atoms with E-state index in [-0.39, 0.29) is 18.0 Å². The Kier molecular flexibility index (Phi) is 7.37. The molecule has 0 unspecified atom stereocenters. The number of rotatable bonds is 7. The number of thiazole rings is 1. The summed E-state index contributed by atoms with van der Waals surface area (Å²) in [6.07, 6.45) is 3.38. The van der Waals surface area contributed by atoms with Crippen molar-refractivity contribution in [3.63, 3.8) is 0 Å². The summed E-state index contributed by atoms with van der Waals surface area (Å²) in [4.78, 5) is 35.2. The predicted molar refractivity (Wildman–Crippen MR) is 119 cm³/mol. The van der Waals surface area contributed by atoms with Crippen molar-refractivity contribution in [3.05, 3.63) is 75.5 Å².